The molecule has 1 atom stereocenters. The highest BCUT2D eigenvalue weighted by atomic mass is 16.5. The lowest BCUT2D eigenvalue weighted by molar-refractivity contribution is 0.0673. The maximum absolute atomic E-state index is 12.4. The topological polar surface area (TPSA) is 70.2 Å². The Morgan fingerprint density at radius 2 is 2.47 bits per heavy atom. The number of aromatic amines is 1. The monoisotopic (exact) mass is 266 g/mol. The molecule has 0 aromatic carbocycles. The fourth-order valence-electron chi connectivity index (χ4n) is 2.35. The second kappa shape index (κ2) is 6.68. The predicted molar refractivity (Wildman–Crippen MR) is 72.1 cm³/mol. The summed E-state index contributed by atoms with van der Waals surface area (Å²) in [7, 11) is 1.65. The summed E-state index contributed by atoms with van der Waals surface area (Å²) in [5.41, 5.74) is 1.38. The molecule has 6 heteroatoms. The number of amides is 1. The number of hydrogen-bond acceptors (Lipinski definition) is 4. The van der Waals surface area contributed by atoms with Crippen LogP contribution in [0.15, 0.2) is 6.07 Å². The number of nitrogens with zero attached hydrogens (tertiary/aromatic N) is 2. The van der Waals surface area contributed by atoms with Crippen molar-refractivity contribution in [3.63, 3.8) is 0 Å². The molecule has 1 aliphatic rings. The van der Waals surface area contributed by atoms with Crippen LogP contribution in [0.1, 0.15) is 29.0 Å². The van der Waals surface area contributed by atoms with Gasteiger partial charge in [0.2, 0.25) is 0 Å². The Morgan fingerprint density at radius 3 is 3.05 bits per heavy atom. The van der Waals surface area contributed by atoms with Gasteiger partial charge >= 0.3 is 0 Å². The third kappa shape index (κ3) is 3.78. The van der Waals surface area contributed by atoms with Crippen LogP contribution < -0.4 is 5.32 Å². The zero-order valence-electron chi connectivity index (χ0n) is 11.6. The van der Waals surface area contributed by atoms with E-state index in [0.29, 0.717) is 31.4 Å². The third-order valence-electron chi connectivity index (χ3n) is 3.38. The van der Waals surface area contributed by atoms with Crippen LogP contribution in [0.25, 0.3) is 0 Å². The molecule has 0 bridgehead atoms. The summed E-state index contributed by atoms with van der Waals surface area (Å²) in [6.07, 6.45) is 2.30. The molecule has 1 amide bonds. The van der Waals surface area contributed by atoms with Crippen molar-refractivity contribution in [1.29, 1.82) is 0 Å². The van der Waals surface area contributed by atoms with Gasteiger partial charge < -0.3 is 15.0 Å². The van der Waals surface area contributed by atoms with Crippen molar-refractivity contribution in [2.24, 2.45) is 0 Å². The van der Waals surface area contributed by atoms with E-state index in [1.807, 2.05) is 11.8 Å². The summed E-state index contributed by atoms with van der Waals surface area (Å²) in [6.45, 7) is 4.79. The van der Waals surface area contributed by atoms with Crippen molar-refractivity contribution in [1.82, 2.24) is 20.4 Å². The van der Waals surface area contributed by atoms with E-state index in [9.17, 15) is 4.79 Å². The summed E-state index contributed by atoms with van der Waals surface area (Å²) >= 11 is 0. The van der Waals surface area contributed by atoms with E-state index in [1.165, 1.54) is 6.42 Å². The second-order valence-corrected chi connectivity index (χ2v) is 4.97. The minimum atomic E-state index is -0.0323. The minimum Gasteiger partial charge on any atom is -0.383 e. The maximum atomic E-state index is 12.4. The zero-order valence-corrected chi connectivity index (χ0v) is 11.6. The molecule has 2 heterocycles. The van der Waals surface area contributed by atoms with Gasteiger partial charge in [-0.1, -0.05) is 0 Å². The Hall–Kier alpha value is -1.40. The average molecular weight is 266 g/mol. The Balaban J connectivity index is 2.00. The molecule has 1 aromatic heterocycles. The van der Waals surface area contributed by atoms with Crippen LogP contribution in [0.2, 0.25) is 0 Å². The molecule has 2 rings (SSSR count). The predicted octanol–water partition coefficient (Wildman–Crippen LogP) is 0.559. The van der Waals surface area contributed by atoms with Crippen LogP contribution in [0, 0.1) is 6.92 Å². The zero-order chi connectivity index (χ0) is 13.7. The number of ether oxygens (including phenoxy) is 1. The normalized spacial score (nSPS) is 18.7. The highest BCUT2D eigenvalue weighted by Crippen LogP contribution is 2.10. The number of aromatic nitrogens is 2. The molecular weight excluding hydrogens is 244 g/mol. The lowest BCUT2D eigenvalue weighted by Crippen LogP contribution is -2.42. The van der Waals surface area contributed by atoms with Crippen molar-refractivity contribution in [3.8, 4) is 0 Å². The molecule has 1 saturated heterocycles. The fourth-order valence-corrected chi connectivity index (χ4v) is 2.35. The summed E-state index contributed by atoms with van der Waals surface area (Å²) < 4.78 is 5.09. The first-order valence-electron chi connectivity index (χ1n) is 6.74. The molecule has 1 aliphatic heterocycles. The Labute approximate surface area is 113 Å². The molecule has 6 nitrogen and oxygen atoms in total. The van der Waals surface area contributed by atoms with Crippen LogP contribution in [-0.4, -0.2) is 60.4 Å². The number of H-pyrrole nitrogens is 1. The van der Waals surface area contributed by atoms with Crippen molar-refractivity contribution in [3.05, 3.63) is 17.5 Å². The number of carbonyl (C=O) groups is 1. The van der Waals surface area contributed by atoms with E-state index < -0.39 is 0 Å². The van der Waals surface area contributed by atoms with Gasteiger partial charge in [-0.3, -0.25) is 9.89 Å². The van der Waals surface area contributed by atoms with E-state index in [2.05, 4.69) is 15.5 Å². The highest BCUT2D eigenvalue weighted by Gasteiger charge is 2.23. The fraction of sp³-hybridized carbons (Fsp3) is 0.692. The van der Waals surface area contributed by atoms with E-state index in [4.69, 9.17) is 4.74 Å². The smallest absolute Gasteiger partial charge is 0.274 e. The van der Waals surface area contributed by atoms with Gasteiger partial charge in [0.15, 0.2) is 0 Å². The second-order valence-electron chi connectivity index (χ2n) is 4.97. The van der Waals surface area contributed by atoms with Crippen molar-refractivity contribution < 1.29 is 9.53 Å². The van der Waals surface area contributed by atoms with Gasteiger partial charge in [-0.2, -0.15) is 5.10 Å². The van der Waals surface area contributed by atoms with Gasteiger partial charge in [0.1, 0.15) is 5.69 Å². The summed E-state index contributed by atoms with van der Waals surface area (Å²) in [5, 5.41) is 10.3. The molecular formula is C13H22N4O2. The van der Waals surface area contributed by atoms with Gasteiger partial charge in [0.05, 0.1) is 6.61 Å². The Bertz CT molecular complexity index is 413. The molecule has 19 heavy (non-hydrogen) atoms. The van der Waals surface area contributed by atoms with E-state index in [1.54, 1.807) is 13.2 Å². The van der Waals surface area contributed by atoms with Gasteiger partial charge in [0, 0.05) is 31.9 Å². The lowest BCUT2D eigenvalue weighted by atomic mass is 10.2. The number of rotatable bonds is 6. The molecule has 0 radical (unpaired) electrons. The summed E-state index contributed by atoms with van der Waals surface area (Å²) in [5.74, 6) is -0.0323. The molecule has 0 saturated carbocycles. The molecule has 1 aromatic rings. The molecule has 2 N–H and O–H groups in total. The molecule has 0 spiro atoms. The van der Waals surface area contributed by atoms with E-state index >= 15 is 0 Å². The van der Waals surface area contributed by atoms with E-state index in [-0.39, 0.29) is 5.91 Å². The first kappa shape index (κ1) is 14.0. The Kier molecular flexibility index (Phi) is 4.93. The van der Waals surface area contributed by atoms with Crippen molar-refractivity contribution >= 4 is 5.91 Å². The minimum absolute atomic E-state index is 0.0323. The number of nitrogens with one attached hydrogen (secondary N) is 2. The van der Waals surface area contributed by atoms with Crippen molar-refractivity contribution in [2.75, 3.05) is 33.4 Å². The van der Waals surface area contributed by atoms with Crippen LogP contribution in [0.3, 0.4) is 0 Å². The highest BCUT2D eigenvalue weighted by molar-refractivity contribution is 5.92. The first-order chi connectivity index (χ1) is 9.20. The lowest BCUT2D eigenvalue weighted by Gasteiger charge is -2.24. The quantitative estimate of drug-likeness (QED) is 0.789. The van der Waals surface area contributed by atoms with Gasteiger partial charge in [-0.15, -0.1) is 0 Å². The molecule has 0 aliphatic carbocycles. The summed E-state index contributed by atoms with van der Waals surface area (Å²) in [4.78, 5) is 14.2. The largest absolute Gasteiger partial charge is 0.383 e. The van der Waals surface area contributed by atoms with Gasteiger partial charge in [0.25, 0.3) is 5.91 Å². The SMILES string of the molecule is COCCN(CC1CCCN1)C(=O)c1cc(C)[nH]n1. The number of methoxy groups -OCH3 is 1. The van der Waals surface area contributed by atoms with Crippen LogP contribution >= 0.6 is 0 Å². The third-order valence-corrected chi connectivity index (χ3v) is 3.38. The number of aryl methyl sites for hydroxylation is 1. The first-order valence-corrected chi connectivity index (χ1v) is 6.74. The molecule has 1 fully saturated rings. The van der Waals surface area contributed by atoms with Gasteiger partial charge in [-0.05, 0) is 32.4 Å². The number of carbonyl (C=O) groups excluding carboxylic acids is 1. The van der Waals surface area contributed by atoms with Crippen LogP contribution in [-0.2, 0) is 4.74 Å². The molecule has 106 valence electrons. The average Bonchev–Trinajstić information content (AvgIpc) is 3.05. The van der Waals surface area contributed by atoms with Crippen LogP contribution in [0.5, 0.6) is 0 Å². The maximum Gasteiger partial charge on any atom is 0.274 e. The van der Waals surface area contributed by atoms with E-state index in [0.717, 1.165) is 18.7 Å². The number of hydrogen-bond donors (Lipinski definition) is 2. The standard InChI is InChI=1S/C13H22N4O2/c1-10-8-12(16-15-10)13(18)17(6-7-19-2)9-11-4-3-5-14-11/h8,11,14H,3-7,9H2,1-2H3,(H,15,16). The van der Waals surface area contributed by atoms with Gasteiger partial charge in [-0.25, -0.2) is 0 Å². The summed E-state index contributed by atoms with van der Waals surface area (Å²) in [6, 6.07) is 2.17. The Morgan fingerprint density at radius 1 is 1.63 bits per heavy atom. The molecule has 1 unspecified atom stereocenters. The van der Waals surface area contributed by atoms with Crippen LogP contribution in [0.4, 0.5) is 0 Å². The van der Waals surface area contributed by atoms with Crippen molar-refractivity contribution in [2.45, 2.75) is 25.8 Å².